The summed E-state index contributed by atoms with van der Waals surface area (Å²) < 4.78 is 13.8. The summed E-state index contributed by atoms with van der Waals surface area (Å²) in [6.45, 7) is 5.89. The average molecular weight is 395 g/mol. The summed E-state index contributed by atoms with van der Waals surface area (Å²) in [5.41, 5.74) is 10.1. The van der Waals surface area contributed by atoms with Gasteiger partial charge >= 0.3 is 0 Å². The molecule has 1 aliphatic rings. The number of halogens is 2. The number of nitrogens with one attached hydrogen (secondary N) is 1. The summed E-state index contributed by atoms with van der Waals surface area (Å²) in [6.07, 6.45) is 3.71. The lowest BCUT2D eigenvalue weighted by Gasteiger charge is -2.22. The van der Waals surface area contributed by atoms with E-state index in [1.807, 2.05) is 19.1 Å². The number of nitrogens with zero attached hydrogens (tertiary/aromatic N) is 2. The molecule has 0 aliphatic heterocycles. The van der Waals surface area contributed by atoms with Gasteiger partial charge < -0.3 is 11.1 Å². The van der Waals surface area contributed by atoms with Crippen molar-refractivity contribution in [1.29, 1.82) is 0 Å². The third kappa shape index (κ3) is 3.45. The fraction of sp³-hybridized carbons (Fsp3) is 0.182. The van der Waals surface area contributed by atoms with Gasteiger partial charge in [0.15, 0.2) is 0 Å². The van der Waals surface area contributed by atoms with E-state index in [9.17, 15) is 4.39 Å². The van der Waals surface area contributed by atoms with Crippen LogP contribution in [-0.4, -0.2) is 9.97 Å². The van der Waals surface area contributed by atoms with Crippen molar-refractivity contribution in [2.24, 2.45) is 0 Å². The Hall–Kier alpha value is -2.92. The van der Waals surface area contributed by atoms with Gasteiger partial charge in [0.05, 0.1) is 10.6 Å². The maximum Gasteiger partial charge on any atom is 0.142 e. The van der Waals surface area contributed by atoms with Gasteiger partial charge in [-0.3, -0.25) is 0 Å². The Morgan fingerprint density at radius 1 is 1.21 bits per heavy atom. The second kappa shape index (κ2) is 6.91. The molecular formula is C22H20ClFN4. The lowest BCUT2D eigenvalue weighted by molar-refractivity contribution is 0.620. The number of aromatic nitrogens is 2. The first-order valence-corrected chi connectivity index (χ1v) is 9.38. The zero-order chi connectivity index (χ0) is 19.9. The topological polar surface area (TPSA) is 63.8 Å². The minimum Gasteiger partial charge on any atom is -0.383 e. The first kappa shape index (κ1) is 18.4. The number of hydrogen-bond donors (Lipinski definition) is 2. The molecule has 0 spiro atoms. The lowest BCUT2D eigenvalue weighted by atomic mass is 9.99. The number of nitrogens with two attached hydrogens (primary N) is 1. The third-order valence-corrected chi connectivity index (χ3v) is 5.40. The highest BCUT2D eigenvalue weighted by Gasteiger charge is 2.44. The van der Waals surface area contributed by atoms with Crippen LogP contribution in [0.5, 0.6) is 0 Å². The first-order valence-electron chi connectivity index (χ1n) is 9.00. The van der Waals surface area contributed by atoms with Crippen LogP contribution in [0, 0.1) is 12.7 Å². The molecule has 6 heteroatoms. The van der Waals surface area contributed by atoms with E-state index in [1.165, 1.54) is 6.07 Å². The van der Waals surface area contributed by atoms with Crippen LogP contribution >= 0.6 is 11.6 Å². The normalized spacial score (nSPS) is 14.5. The Balaban J connectivity index is 1.55. The van der Waals surface area contributed by atoms with Gasteiger partial charge in [0.25, 0.3) is 0 Å². The van der Waals surface area contributed by atoms with Crippen LogP contribution in [0.2, 0.25) is 5.02 Å². The minimum absolute atomic E-state index is 0.104. The summed E-state index contributed by atoms with van der Waals surface area (Å²) >= 11 is 5.77. The molecule has 1 saturated carbocycles. The van der Waals surface area contributed by atoms with Crippen molar-refractivity contribution in [3.8, 4) is 11.1 Å². The highest BCUT2D eigenvalue weighted by Crippen LogP contribution is 2.47. The first-order chi connectivity index (χ1) is 13.4. The second-order valence-corrected chi connectivity index (χ2v) is 7.52. The van der Waals surface area contributed by atoms with Crippen molar-refractivity contribution < 1.29 is 4.39 Å². The van der Waals surface area contributed by atoms with Crippen molar-refractivity contribution in [3.63, 3.8) is 0 Å². The third-order valence-electron chi connectivity index (χ3n) is 5.10. The summed E-state index contributed by atoms with van der Waals surface area (Å²) in [4.78, 5) is 8.45. The van der Waals surface area contributed by atoms with Crippen LogP contribution in [0.15, 0.2) is 55.2 Å². The number of nitrogen functional groups attached to an aromatic ring is 1. The van der Waals surface area contributed by atoms with Gasteiger partial charge in [0.1, 0.15) is 17.5 Å². The Morgan fingerprint density at radius 3 is 2.54 bits per heavy atom. The minimum atomic E-state index is -0.450. The highest BCUT2D eigenvalue weighted by atomic mass is 35.5. The maximum absolute atomic E-state index is 13.8. The molecule has 142 valence electrons. The molecule has 0 bridgehead atoms. The van der Waals surface area contributed by atoms with E-state index in [-0.39, 0.29) is 10.6 Å². The fourth-order valence-corrected chi connectivity index (χ4v) is 3.45. The molecule has 3 N–H and O–H groups in total. The number of rotatable bonds is 5. The molecule has 0 unspecified atom stereocenters. The van der Waals surface area contributed by atoms with E-state index >= 15 is 0 Å². The largest absolute Gasteiger partial charge is 0.383 e. The van der Waals surface area contributed by atoms with Crippen LogP contribution in [0.1, 0.15) is 29.8 Å². The van der Waals surface area contributed by atoms with E-state index < -0.39 is 5.82 Å². The van der Waals surface area contributed by atoms with Crippen molar-refractivity contribution in [3.05, 3.63) is 83.0 Å². The summed E-state index contributed by atoms with van der Waals surface area (Å²) in [5.74, 6) is 0.669. The van der Waals surface area contributed by atoms with Gasteiger partial charge in [-0.2, -0.15) is 0 Å². The van der Waals surface area contributed by atoms with Gasteiger partial charge in [-0.05, 0) is 48.6 Å². The Bertz CT molecular complexity index is 1060. The molecule has 4 nitrogen and oxygen atoms in total. The van der Waals surface area contributed by atoms with Crippen molar-refractivity contribution >= 4 is 23.1 Å². The van der Waals surface area contributed by atoms with Gasteiger partial charge in [-0.15, -0.1) is 0 Å². The molecular weight excluding hydrogens is 375 g/mol. The SMILES string of the molecule is C=C(NC1(c2ccc(-c3cnc(C)nc3N)cc2)CC1)c1ccc(Cl)c(F)c1. The van der Waals surface area contributed by atoms with Gasteiger partial charge in [0.2, 0.25) is 0 Å². The zero-order valence-corrected chi connectivity index (χ0v) is 16.2. The molecule has 4 rings (SSSR count). The van der Waals surface area contributed by atoms with E-state index in [0.29, 0.717) is 22.9 Å². The van der Waals surface area contributed by atoms with Crippen LogP contribution < -0.4 is 11.1 Å². The number of benzene rings is 2. The highest BCUT2D eigenvalue weighted by molar-refractivity contribution is 6.30. The summed E-state index contributed by atoms with van der Waals surface area (Å²) in [7, 11) is 0. The Labute approximate surface area is 168 Å². The maximum atomic E-state index is 13.8. The lowest BCUT2D eigenvalue weighted by Crippen LogP contribution is -2.27. The summed E-state index contributed by atoms with van der Waals surface area (Å²) in [6, 6.07) is 12.9. The molecule has 1 aromatic heterocycles. The fourth-order valence-electron chi connectivity index (χ4n) is 3.33. The number of anilines is 1. The van der Waals surface area contributed by atoms with E-state index in [2.05, 4.69) is 34.0 Å². The Kier molecular flexibility index (Phi) is 4.55. The molecule has 0 amide bonds. The van der Waals surface area contributed by atoms with Crippen molar-refractivity contribution in [2.45, 2.75) is 25.3 Å². The quantitative estimate of drug-likeness (QED) is 0.633. The predicted molar refractivity (Wildman–Crippen MR) is 111 cm³/mol. The second-order valence-electron chi connectivity index (χ2n) is 7.11. The molecule has 0 radical (unpaired) electrons. The van der Waals surface area contributed by atoms with Gasteiger partial charge in [-0.1, -0.05) is 48.5 Å². The molecule has 3 aromatic rings. The molecule has 2 aromatic carbocycles. The standard InChI is InChI=1S/C22H20ClFN4/c1-13(16-5-8-19(23)20(24)11-16)28-22(9-10-22)17-6-3-15(4-7-17)18-12-26-14(2)27-21(18)25/h3-8,11-12,28H,1,9-10H2,2H3,(H2,25,26,27). The van der Waals surface area contributed by atoms with Crippen LogP contribution in [0.3, 0.4) is 0 Å². The van der Waals surface area contributed by atoms with Crippen molar-refractivity contribution in [2.75, 3.05) is 5.73 Å². The molecule has 0 atom stereocenters. The molecule has 28 heavy (non-hydrogen) atoms. The Morgan fingerprint density at radius 2 is 1.93 bits per heavy atom. The molecule has 1 aliphatic carbocycles. The van der Waals surface area contributed by atoms with Crippen molar-refractivity contribution in [1.82, 2.24) is 15.3 Å². The summed E-state index contributed by atoms with van der Waals surface area (Å²) in [5, 5.41) is 3.58. The molecule has 1 fully saturated rings. The predicted octanol–water partition coefficient (Wildman–Crippen LogP) is 5.08. The number of hydrogen-bond acceptors (Lipinski definition) is 4. The smallest absolute Gasteiger partial charge is 0.142 e. The molecule has 1 heterocycles. The van der Waals surface area contributed by atoms with Gasteiger partial charge in [-0.25, -0.2) is 14.4 Å². The zero-order valence-electron chi connectivity index (χ0n) is 15.5. The van der Waals surface area contributed by atoms with E-state index in [4.69, 9.17) is 17.3 Å². The van der Waals surface area contributed by atoms with E-state index in [1.54, 1.807) is 18.3 Å². The average Bonchev–Trinajstić information content (AvgIpc) is 3.45. The number of aryl methyl sites for hydroxylation is 1. The van der Waals surface area contributed by atoms with Crippen LogP contribution in [0.4, 0.5) is 10.2 Å². The van der Waals surface area contributed by atoms with Crippen LogP contribution in [0.25, 0.3) is 16.8 Å². The molecule has 0 saturated heterocycles. The van der Waals surface area contributed by atoms with Crippen LogP contribution in [-0.2, 0) is 5.54 Å². The monoisotopic (exact) mass is 394 g/mol. The van der Waals surface area contributed by atoms with Gasteiger partial charge in [0, 0.05) is 17.5 Å². The van der Waals surface area contributed by atoms with E-state index in [0.717, 1.165) is 29.5 Å².